The average Bonchev–Trinajstić information content (AvgIpc) is 3.04. The number of amides is 1. The number of likely N-dealkylation sites (tertiary alicyclic amines) is 1. The van der Waals surface area contributed by atoms with Crippen molar-refractivity contribution in [1.29, 1.82) is 0 Å². The Balaban J connectivity index is 1.63. The van der Waals surface area contributed by atoms with E-state index in [0.717, 1.165) is 19.0 Å². The summed E-state index contributed by atoms with van der Waals surface area (Å²) < 4.78 is 0. The highest BCUT2D eigenvalue weighted by Crippen LogP contribution is 2.61. The van der Waals surface area contributed by atoms with Gasteiger partial charge in [-0.2, -0.15) is 0 Å². The monoisotopic (exact) mass is 258 g/mol. The van der Waals surface area contributed by atoms with Gasteiger partial charge in [-0.25, -0.2) is 0 Å². The number of hydrogen-bond donors (Lipinski definition) is 1. The van der Waals surface area contributed by atoms with Gasteiger partial charge in [-0.1, -0.05) is 30.3 Å². The first-order chi connectivity index (χ1) is 9.12. The lowest BCUT2D eigenvalue weighted by Gasteiger charge is -2.29. The Morgan fingerprint density at radius 2 is 2.16 bits per heavy atom. The fourth-order valence-corrected chi connectivity index (χ4v) is 3.64. The summed E-state index contributed by atoms with van der Waals surface area (Å²) in [5, 5.41) is 3.02. The van der Waals surface area contributed by atoms with Crippen LogP contribution >= 0.6 is 0 Å². The summed E-state index contributed by atoms with van der Waals surface area (Å²) in [7, 11) is 0. The lowest BCUT2D eigenvalue weighted by molar-refractivity contribution is -0.119. The van der Waals surface area contributed by atoms with Crippen LogP contribution in [-0.4, -0.2) is 29.9 Å². The number of carbonyl (C=O) groups excluding carboxylic acids is 1. The van der Waals surface area contributed by atoms with Crippen molar-refractivity contribution in [1.82, 2.24) is 10.2 Å². The van der Waals surface area contributed by atoms with E-state index in [-0.39, 0.29) is 5.91 Å². The average molecular weight is 258 g/mol. The number of carbonyl (C=O) groups is 1. The first-order valence-electron chi connectivity index (χ1n) is 7.14. The molecule has 0 bridgehead atoms. The molecule has 19 heavy (non-hydrogen) atoms. The molecule has 102 valence electrons. The van der Waals surface area contributed by atoms with Crippen molar-refractivity contribution in [3.05, 3.63) is 35.9 Å². The summed E-state index contributed by atoms with van der Waals surface area (Å²) in [6.07, 6.45) is 1.28. The van der Waals surface area contributed by atoms with Crippen LogP contribution in [0.2, 0.25) is 0 Å². The van der Waals surface area contributed by atoms with Gasteiger partial charge in [-0.05, 0) is 24.8 Å². The van der Waals surface area contributed by atoms with Gasteiger partial charge in [0.1, 0.15) is 0 Å². The minimum atomic E-state index is 0.0914. The second-order valence-corrected chi connectivity index (χ2v) is 6.13. The first-order valence-corrected chi connectivity index (χ1v) is 7.14. The van der Waals surface area contributed by atoms with Gasteiger partial charge < -0.3 is 5.32 Å². The molecule has 1 aromatic rings. The van der Waals surface area contributed by atoms with E-state index in [1.165, 1.54) is 18.5 Å². The molecule has 1 saturated carbocycles. The smallest absolute Gasteiger partial charge is 0.216 e. The number of rotatable bonds is 4. The molecule has 1 saturated heterocycles. The zero-order chi connectivity index (χ0) is 13.5. The van der Waals surface area contributed by atoms with Crippen LogP contribution in [0.5, 0.6) is 0 Å². The third-order valence-electron chi connectivity index (χ3n) is 5.01. The molecule has 1 heterocycles. The predicted molar refractivity (Wildman–Crippen MR) is 75.5 cm³/mol. The Morgan fingerprint density at radius 1 is 1.42 bits per heavy atom. The molecule has 2 fully saturated rings. The number of piperidine rings is 1. The van der Waals surface area contributed by atoms with Gasteiger partial charge in [0.2, 0.25) is 5.91 Å². The van der Waals surface area contributed by atoms with Crippen molar-refractivity contribution in [2.24, 2.45) is 11.3 Å². The summed E-state index contributed by atoms with van der Waals surface area (Å²) in [4.78, 5) is 13.7. The Kier molecular flexibility index (Phi) is 3.09. The maximum Gasteiger partial charge on any atom is 0.216 e. The van der Waals surface area contributed by atoms with E-state index in [4.69, 9.17) is 0 Å². The quantitative estimate of drug-likeness (QED) is 0.896. The Morgan fingerprint density at radius 3 is 2.84 bits per heavy atom. The standard InChI is InChI=1S/C16H22N2O/c1-12-16(11-17-13(2)19)8-15(16)10-18(12)9-14-6-4-3-5-7-14/h3-7,12,15H,8-11H2,1-2H3,(H,17,19)/t12-,15-,16-/m1/s1. The largest absolute Gasteiger partial charge is 0.356 e. The molecule has 0 unspecified atom stereocenters. The molecule has 3 rings (SSSR count). The maximum atomic E-state index is 11.1. The molecule has 2 aliphatic rings. The normalized spacial score (nSPS) is 32.9. The van der Waals surface area contributed by atoms with Crippen molar-refractivity contribution in [3.8, 4) is 0 Å². The molecule has 1 aromatic carbocycles. The van der Waals surface area contributed by atoms with Crippen LogP contribution in [0, 0.1) is 11.3 Å². The molecule has 3 heteroatoms. The molecule has 3 atom stereocenters. The van der Waals surface area contributed by atoms with E-state index < -0.39 is 0 Å². The van der Waals surface area contributed by atoms with E-state index in [2.05, 4.69) is 47.5 Å². The summed E-state index contributed by atoms with van der Waals surface area (Å²) in [6, 6.07) is 11.2. The lowest BCUT2D eigenvalue weighted by Crippen LogP contribution is -2.39. The van der Waals surface area contributed by atoms with Gasteiger partial charge >= 0.3 is 0 Å². The van der Waals surface area contributed by atoms with Crippen LogP contribution in [0.1, 0.15) is 25.8 Å². The van der Waals surface area contributed by atoms with Crippen molar-refractivity contribution in [3.63, 3.8) is 0 Å². The molecular weight excluding hydrogens is 236 g/mol. The molecule has 3 nitrogen and oxygen atoms in total. The van der Waals surface area contributed by atoms with E-state index in [9.17, 15) is 4.79 Å². The van der Waals surface area contributed by atoms with Gasteiger partial charge in [-0.15, -0.1) is 0 Å². The summed E-state index contributed by atoms with van der Waals surface area (Å²) in [5.74, 6) is 0.867. The minimum Gasteiger partial charge on any atom is -0.356 e. The number of hydrogen-bond acceptors (Lipinski definition) is 2. The van der Waals surface area contributed by atoms with Gasteiger partial charge in [0.25, 0.3) is 0 Å². The zero-order valence-corrected chi connectivity index (χ0v) is 11.7. The van der Waals surface area contributed by atoms with Crippen molar-refractivity contribution < 1.29 is 4.79 Å². The summed E-state index contributed by atoms with van der Waals surface area (Å²) in [6.45, 7) is 6.97. The third kappa shape index (κ3) is 2.27. The SMILES string of the molecule is CC(=O)NC[C@@]12C[C@@H]1CN(Cc1ccccc1)[C@@H]2C. The van der Waals surface area contributed by atoms with Crippen LogP contribution < -0.4 is 5.32 Å². The lowest BCUT2D eigenvalue weighted by atomic mass is 9.97. The first kappa shape index (κ1) is 12.7. The van der Waals surface area contributed by atoms with E-state index in [1.807, 2.05) is 0 Å². The Bertz CT molecular complexity index is 473. The minimum absolute atomic E-state index is 0.0914. The number of benzene rings is 1. The molecule has 1 aliphatic heterocycles. The maximum absolute atomic E-state index is 11.1. The van der Waals surface area contributed by atoms with Crippen molar-refractivity contribution in [2.45, 2.75) is 32.9 Å². The predicted octanol–water partition coefficient (Wildman–Crippen LogP) is 2.03. The molecular formula is C16H22N2O. The summed E-state index contributed by atoms with van der Waals surface area (Å²) in [5.41, 5.74) is 1.73. The van der Waals surface area contributed by atoms with Gasteiger partial charge in [0.15, 0.2) is 0 Å². The molecule has 1 amide bonds. The Labute approximate surface area is 115 Å². The van der Waals surface area contributed by atoms with Gasteiger partial charge in [0.05, 0.1) is 0 Å². The second kappa shape index (κ2) is 4.64. The highest BCUT2D eigenvalue weighted by atomic mass is 16.1. The van der Waals surface area contributed by atoms with Gasteiger partial charge in [-0.3, -0.25) is 9.69 Å². The van der Waals surface area contributed by atoms with Crippen LogP contribution in [0.25, 0.3) is 0 Å². The van der Waals surface area contributed by atoms with Crippen molar-refractivity contribution >= 4 is 5.91 Å². The topological polar surface area (TPSA) is 32.3 Å². The van der Waals surface area contributed by atoms with Crippen LogP contribution in [0.3, 0.4) is 0 Å². The highest BCUT2D eigenvalue weighted by Gasteiger charge is 2.63. The van der Waals surface area contributed by atoms with Crippen LogP contribution in [0.15, 0.2) is 30.3 Å². The Hall–Kier alpha value is -1.35. The van der Waals surface area contributed by atoms with Crippen LogP contribution in [0.4, 0.5) is 0 Å². The second-order valence-electron chi connectivity index (χ2n) is 6.13. The van der Waals surface area contributed by atoms with E-state index >= 15 is 0 Å². The number of nitrogens with one attached hydrogen (secondary N) is 1. The van der Waals surface area contributed by atoms with Crippen LogP contribution in [-0.2, 0) is 11.3 Å². The number of fused-ring (bicyclic) bond motifs is 1. The zero-order valence-electron chi connectivity index (χ0n) is 11.7. The third-order valence-corrected chi connectivity index (χ3v) is 5.01. The molecule has 1 N–H and O–H groups in total. The van der Waals surface area contributed by atoms with E-state index in [1.54, 1.807) is 6.92 Å². The fourth-order valence-electron chi connectivity index (χ4n) is 3.64. The van der Waals surface area contributed by atoms with Crippen molar-refractivity contribution in [2.75, 3.05) is 13.1 Å². The molecule has 1 aliphatic carbocycles. The molecule has 0 spiro atoms. The van der Waals surface area contributed by atoms with Gasteiger partial charge in [0, 0.05) is 38.0 Å². The fraction of sp³-hybridized carbons (Fsp3) is 0.562. The molecule has 0 aromatic heterocycles. The molecule has 0 radical (unpaired) electrons. The highest BCUT2D eigenvalue weighted by molar-refractivity contribution is 5.72. The number of nitrogens with zero attached hydrogens (tertiary/aromatic N) is 1. The summed E-state index contributed by atoms with van der Waals surface area (Å²) >= 11 is 0. The van der Waals surface area contributed by atoms with E-state index in [0.29, 0.717) is 11.5 Å².